The number of nitriles is 1. The molecule has 1 aliphatic rings. The summed E-state index contributed by atoms with van der Waals surface area (Å²) in [5.41, 5.74) is 1.10. The third-order valence-electron chi connectivity index (χ3n) is 4.77. The molecule has 1 aromatic carbocycles. The van der Waals surface area contributed by atoms with Gasteiger partial charge in [-0.05, 0) is 55.9 Å². The fraction of sp³-hybridized carbons (Fsp3) is 0.633. The number of benzene rings is 1. The van der Waals surface area contributed by atoms with E-state index in [-0.39, 0.29) is 18.5 Å². The number of hydrogen-bond acceptors (Lipinski definition) is 5. The Kier molecular flexibility index (Phi) is 23.0. The van der Waals surface area contributed by atoms with Crippen LogP contribution in [0, 0.1) is 22.7 Å². The van der Waals surface area contributed by atoms with Crippen molar-refractivity contribution in [1.82, 2.24) is 15.1 Å². The minimum Gasteiger partial charge on any atom is -0.348 e. The average Bonchev–Trinajstić information content (AvgIpc) is 3.33. The maximum atomic E-state index is 12.1. The second-order valence-corrected chi connectivity index (χ2v) is 12.4. The summed E-state index contributed by atoms with van der Waals surface area (Å²) in [5, 5.41) is 11.0. The largest absolute Gasteiger partial charge is 0.463 e. The van der Waals surface area contributed by atoms with Crippen LogP contribution in [0.2, 0.25) is 5.02 Å². The van der Waals surface area contributed by atoms with Crippen molar-refractivity contribution < 1.29 is 41.1 Å². The normalized spacial score (nSPS) is 15.5. The van der Waals surface area contributed by atoms with Gasteiger partial charge in [0, 0.05) is 36.4 Å². The van der Waals surface area contributed by atoms with Crippen molar-refractivity contribution in [3.63, 3.8) is 0 Å². The number of hydrogen-bond donors (Lipinski definition) is 1. The van der Waals surface area contributed by atoms with Gasteiger partial charge in [0.25, 0.3) is 0 Å². The van der Waals surface area contributed by atoms with Gasteiger partial charge < -0.3 is 15.1 Å². The summed E-state index contributed by atoms with van der Waals surface area (Å²) in [5.74, 6) is -7.44. The molecule has 0 bridgehead atoms. The summed E-state index contributed by atoms with van der Waals surface area (Å²) in [6.07, 6.45) is -3.98. The first-order chi connectivity index (χ1) is 20.9. The van der Waals surface area contributed by atoms with Crippen LogP contribution in [0.4, 0.5) is 27.6 Å². The first-order valence-electron chi connectivity index (χ1n) is 14.2. The smallest absolute Gasteiger partial charge is 0.348 e. The standard InChI is InChI=1S/C10H15N3O2.C7H5Cl2NO.C6H8F5NO.C5H12.C2H6/c1-8-3-9(4-11)13(5-8)10(15)6-12(2)7-14;8-6-1-3-7(4-2-6)10(9)5-11;1-3(2)12-4(13)5(7,8)6(9,10)11;1-5(2,3)4;1-2/h7-9H,3,5-6H2,1-2H3;1-5H;3H,1-2H3,(H,12,13);1-4H3;1-2H3. The lowest BCUT2D eigenvalue weighted by atomic mass is 10.0. The number of carbonyl (C=O) groups is 4. The number of nitrogens with one attached hydrogen (secondary N) is 1. The lowest BCUT2D eigenvalue weighted by Crippen LogP contribution is -2.52. The number of carbonyl (C=O) groups excluding carboxylic acids is 4. The Balaban J connectivity index is -0.000000551. The number of likely N-dealkylation sites (tertiary alicyclic amines) is 1. The van der Waals surface area contributed by atoms with E-state index in [4.69, 9.17) is 28.6 Å². The second-order valence-electron chi connectivity index (χ2n) is 11.6. The van der Waals surface area contributed by atoms with Gasteiger partial charge in [-0.15, -0.1) is 0 Å². The first-order valence-corrected chi connectivity index (χ1v) is 14.9. The number of rotatable bonds is 7. The molecule has 0 saturated carbocycles. The van der Waals surface area contributed by atoms with Crippen LogP contribution in [0.15, 0.2) is 24.3 Å². The molecule has 2 rings (SSSR count). The molecule has 264 valence electrons. The molecule has 0 aliphatic carbocycles. The molecule has 16 heteroatoms. The van der Waals surface area contributed by atoms with Gasteiger partial charge >= 0.3 is 18.0 Å². The van der Waals surface area contributed by atoms with E-state index in [1.807, 2.05) is 20.8 Å². The lowest BCUT2D eigenvalue weighted by Gasteiger charge is -2.21. The van der Waals surface area contributed by atoms with Crippen LogP contribution in [0.5, 0.6) is 0 Å². The molecule has 1 saturated heterocycles. The van der Waals surface area contributed by atoms with Crippen LogP contribution in [-0.4, -0.2) is 78.8 Å². The zero-order valence-corrected chi connectivity index (χ0v) is 29.4. The highest BCUT2D eigenvalue weighted by atomic mass is 35.5. The van der Waals surface area contributed by atoms with Crippen molar-refractivity contribution in [3.8, 4) is 6.07 Å². The van der Waals surface area contributed by atoms with Crippen LogP contribution in [0.3, 0.4) is 0 Å². The molecule has 0 spiro atoms. The number of anilines is 1. The molecule has 1 fully saturated rings. The van der Waals surface area contributed by atoms with Gasteiger partial charge in [-0.3, -0.25) is 19.2 Å². The molecule has 1 aromatic rings. The van der Waals surface area contributed by atoms with E-state index in [1.165, 1.54) is 24.1 Å². The zero-order valence-electron chi connectivity index (χ0n) is 27.9. The van der Waals surface area contributed by atoms with Crippen molar-refractivity contribution in [3.05, 3.63) is 29.3 Å². The topological polar surface area (TPSA) is 114 Å². The van der Waals surface area contributed by atoms with Crippen molar-refractivity contribution in [2.45, 2.75) is 92.9 Å². The van der Waals surface area contributed by atoms with E-state index in [0.717, 1.165) is 10.8 Å². The molecule has 2 unspecified atom stereocenters. The zero-order chi connectivity index (χ0) is 37.1. The van der Waals surface area contributed by atoms with Crippen LogP contribution >= 0.6 is 23.4 Å². The van der Waals surface area contributed by atoms with Gasteiger partial charge in [-0.1, -0.05) is 60.1 Å². The van der Waals surface area contributed by atoms with Gasteiger partial charge in [0.15, 0.2) is 0 Å². The highest BCUT2D eigenvalue weighted by Gasteiger charge is 2.63. The summed E-state index contributed by atoms with van der Waals surface area (Å²) in [6, 6.07) is 7.66. The molecular weight excluding hydrogens is 660 g/mol. The Morgan fingerprint density at radius 3 is 1.87 bits per heavy atom. The van der Waals surface area contributed by atoms with Gasteiger partial charge in [-0.2, -0.15) is 27.2 Å². The molecule has 9 nitrogen and oxygen atoms in total. The SMILES string of the molecule is CC.CC(C)(C)C.CC(C)NC(=O)C(F)(F)C(F)(F)F.CC1CC(C#N)N(C(=O)CN(C)C=O)C1.O=CN(Cl)c1ccc(Cl)cc1. The van der Waals surface area contributed by atoms with E-state index in [0.29, 0.717) is 41.4 Å². The number of amides is 4. The maximum Gasteiger partial charge on any atom is 0.463 e. The fourth-order valence-corrected chi connectivity index (χ4v) is 3.15. The van der Waals surface area contributed by atoms with Crippen LogP contribution < -0.4 is 9.74 Å². The summed E-state index contributed by atoms with van der Waals surface area (Å²) in [7, 11) is 1.55. The van der Waals surface area contributed by atoms with E-state index < -0.39 is 24.0 Å². The summed E-state index contributed by atoms with van der Waals surface area (Å²) >= 11 is 11.1. The average molecular weight is 707 g/mol. The predicted molar refractivity (Wildman–Crippen MR) is 170 cm³/mol. The molecule has 2 atom stereocenters. The van der Waals surface area contributed by atoms with Crippen molar-refractivity contribution in [1.29, 1.82) is 5.26 Å². The van der Waals surface area contributed by atoms with Gasteiger partial charge in [0.1, 0.15) is 6.04 Å². The molecule has 0 radical (unpaired) electrons. The molecule has 4 amide bonds. The molecular formula is C30H46Cl2F5N5O4. The van der Waals surface area contributed by atoms with Crippen molar-refractivity contribution in [2.75, 3.05) is 24.6 Å². The van der Waals surface area contributed by atoms with Gasteiger partial charge in [0.05, 0.1) is 18.3 Å². The van der Waals surface area contributed by atoms with E-state index in [9.17, 15) is 41.1 Å². The van der Waals surface area contributed by atoms with Crippen LogP contribution in [-0.2, 0) is 19.2 Å². The highest BCUT2D eigenvalue weighted by Crippen LogP contribution is 2.35. The van der Waals surface area contributed by atoms with Crippen molar-refractivity contribution in [2.24, 2.45) is 11.3 Å². The quantitative estimate of drug-likeness (QED) is 0.185. The Morgan fingerprint density at radius 1 is 1.07 bits per heavy atom. The van der Waals surface area contributed by atoms with Gasteiger partial charge in [0.2, 0.25) is 18.7 Å². The monoisotopic (exact) mass is 705 g/mol. The molecule has 1 N–H and O–H groups in total. The fourth-order valence-electron chi connectivity index (χ4n) is 2.91. The first kappa shape index (κ1) is 47.2. The number of alkyl halides is 5. The molecule has 0 aromatic heterocycles. The Labute approximate surface area is 279 Å². The summed E-state index contributed by atoms with van der Waals surface area (Å²) in [4.78, 5) is 45.4. The predicted octanol–water partition coefficient (Wildman–Crippen LogP) is 7.08. The third kappa shape index (κ3) is 20.8. The maximum absolute atomic E-state index is 12.1. The molecule has 46 heavy (non-hydrogen) atoms. The van der Waals surface area contributed by atoms with E-state index in [1.54, 1.807) is 36.2 Å². The minimum atomic E-state index is -5.84. The Morgan fingerprint density at radius 2 is 1.52 bits per heavy atom. The highest BCUT2D eigenvalue weighted by molar-refractivity contribution is 6.33. The van der Waals surface area contributed by atoms with Crippen LogP contribution in [0.1, 0.15) is 68.7 Å². The third-order valence-corrected chi connectivity index (χ3v) is 5.30. The minimum absolute atomic E-state index is 0.0500. The van der Waals surface area contributed by atoms with E-state index in [2.05, 4.69) is 33.8 Å². The Bertz CT molecular complexity index is 1090. The van der Waals surface area contributed by atoms with E-state index >= 15 is 0 Å². The van der Waals surface area contributed by atoms with Gasteiger partial charge in [-0.25, -0.2) is 4.42 Å². The number of nitrogens with zero attached hydrogens (tertiary/aromatic N) is 4. The summed E-state index contributed by atoms with van der Waals surface area (Å²) in [6.45, 7) is 18.0. The Hall–Kier alpha value is -3.18. The number of halogens is 7. The molecule has 1 aliphatic heterocycles. The van der Waals surface area contributed by atoms with Crippen LogP contribution in [0.25, 0.3) is 0 Å². The van der Waals surface area contributed by atoms with Crippen molar-refractivity contribution >= 4 is 53.7 Å². The summed E-state index contributed by atoms with van der Waals surface area (Å²) < 4.78 is 59.8. The number of likely N-dealkylation sites (N-methyl/N-ethyl adjacent to an activating group) is 1. The lowest BCUT2D eigenvalue weighted by molar-refractivity contribution is -0.270. The second kappa shape index (κ2) is 22.4. The molecule has 1 heterocycles.